The van der Waals surface area contributed by atoms with Crippen molar-refractivity contribution in [2.75, 3.05) is 14.2 Å². The first kappa shape index (κ1) is 14.8. The lowest BCUT2D eigenvalue weighted by Crippen LogP contribution is -2.03. The Morgan fingerprint density at radius 2 is 1.90 bits per heavy atom. The first-order valence-electron chi connectivity index (χ1n) is 6.31. The predicted octanol–water partition coefficient (Wildman–Crippen LogP) is 2.74. The van der Waals surface area contributed by atoms with Crippen LogP contribution < -0.4 is 15.2 Å². The SMILES string of the molecule is COc1cc(-c2ccccc2[N+](=O)[O-])cc(CN)c1OC. The lowest BCUT2D eigenvalue weighted by Gasteiger charge is -2.14. The first-order valence-corrected chi connectivity index (χ1v) is 6.31. The van der Waals surface area contributed by atoms with E-state index in [0.717, 1.165) is 5.56 Å². The summed E-state index contributed by atoms with van der Waals surface area (Å²) in [6.45, 7) is 0.244. The summed E-state index contributed by atoms with van der Waals surface area (Å²) in [5.41, 5.74) is 7.67. The van der Waals surface area contributed by atoms with Crippen molar-refractivity contribution in [3.05, 3.63) is 52.1 Å². The smallest absolute Gasteiger partial charge is 0.277 e. The van der Waals surface area contributed by atoms with Gasteiger partial charge >= 0.3 is 0 Å². The van der Waals surface area contributed by atoms with E-state index in [4.69, 9.17) is 15.2 Å². The second kappa shape index (κ2) is 6.23. The Bertz CT molecular complexity index is 645. The summed E-state index contributed by atoms with van der Waals surface area (Å²) in [6, 6.07) is 10.0. The van der Waals surface area contributed by atoms with Gasteiger partial charge in [0.15, 0.2) is 11.5 Å². The lowest BCUT2D eigenvalue weighted by molar-refractivity contribution is -0.384. The fourth-order valence-electron chi connectivity index (χ4n) is 2.23. The maximum atomic E-state index is 11.2. The van der Waals surface area contributed by atoms with Gasteiger partial charge in [0.05, 0.1) is 24.7 Å². The van der Waals surface area contributed by atoms with Gasteiger partial charge in [-0.15, -0.1) is 0 Å². The van der Waals surface area contributed by atoms with Crippen molar-refractivity contribution in [3.63, 3.8) is 0 Å². The van der Waals surface area contributed by atoms with Crippen molar-refractivity contribution in [2.45, 2.75) is 6.54 Å². The predicted molar refractivity (Wildman–Crippen MR) is 79.5 cm³/mol. The van der Waals surface area contributed by atoms with Gasteiger partial charge in [0, 0.05) is 18.2 Å². The number of hydrogen-bond acceptors (Lipinski definition) is 5. The zero-order valence-electron chi connectivity index (χ0n) is 11.8. The average Bonchev–Trinajstić information content (AvgIpc) is 2.53. The molecule has 0 heterocycles. The van der Waals surface area contributed by atoms with Gasteiger partial charge in [-0.05, 0) is 23.8 Å². The fraction of sp³-hybridized carbons (Fsp3) is 0.200. The number of nitro benzene ring substituents is 1. The summed E-state index contributed by atoms with van der Waals surface area (Å²) in [7, 11) is 3.04. The molecule has 2 N–H and O–H groups in total. The number of nitrogens with zero attached hydrogens (tertiary/aromatic N) is 1. The molecule has 0 fully saturated rings. The van der Waals surface area contributed by atoms with E-state index in [-0.39, 0.29) is 12.2 Å². The number of ether oxygens (including phenoxy) is 2. The van der Waals surface area contributed by atoms with Crippen molar-refractivity contribution >= 4 is 5.69 Å². The molecule has 0 saturated carbocycles. The monoisotopic (exact) mass is 288 g/mol. The minimum absolute atomic E-state index is 0.0349. The highest BCUT2D eigenvalue weighted by atomic mass is 16.6. The normalized spacial score (nSPS) is 10.2. The average molecular weight is 288 g/mol. The van der Waals surface area contributed by atoms with Crippen LogP contribution in [0.5, 0.6) is 11.5 Å². The van der Waals surface area contributed by atoms with Crippen LogP contribution in [-0.2, 0) is 6.54 Å². The molecule has 0 aliphatic heterocycles. The van der Waals surface area contributed by atoms with E-state index in [9.17, 15) is 10.1 Å². The quantitative estimate of drug-likeness (QED) is 0.675. The molecular formula is C15H16N2O4. The Balaban J connectivity index is 2.68. The van der Waals surface area contributed by atoms with Crippen molar-refractivity contribution < 1.29 is 14.4 Å². The van der Waals surface area contributed by atoms with E-state index in [2.05, 4.69) is 0 Å². The summed E-state index contributed by atoms with van der Waals surface area (Å²) in [5.74, 6) is 1.04. The second-order valence-electron chi connectivity index (χ2n) is 4.35. The van der Waals surface area contributed by atoms with Crippen LogP contribution >= 0.6 is 0 Å². The lowest BCUT2D eigenvalue weighted by atomic mass is 10.00. The Labute approximate surface area is 122 Å². The maximum Gasteiger partial charge on any atom is 0.277 e. The van der Waals surface area contributed by atoms with Crippen LogP contribution in [0, 0.1) is 10.1 Å². The van der Waals surface area contributed by atoms with Crippen LogP contribution in [0.25, 0.3) is 11.1 Å². The Kier molecular flexibility index (Phi) is 4.39. The third-order valence-corrected chi connectivity index (χ3v) is 3.19. The first-order chi connectivity index (χ1) is 10.1. The molecule has 0 aliphatic carbocycles. The summed E-state index contributed by atoms with van der Waals surface area (Å²) < 4.78 is 10.6. The molecule has 2 rings (SSSR count). The second-order valence-corrected chi connectivity index (χ2v) is 4.35. The van der Waals surface area contributed by atoms with Gasteiger partial charge in [0.1, 0.15) is 0 Å². The topological polar surface area (TPSA) is 87.6 Å². The van der Waals surface area contributed by atoms with Gasteiger partial charge in [0.2, 0.25) is 0 Å². The summed E-state index contributed by atoms with van der Waals surface area (Å²) in [5, 5.41) is 11.2. The van der Waals surface area contributed by atoms with Gasteiger partial charge in [-0.25, -0.2) is 0 Å². The Morgan fingerprint density at radius 1 is 1.19 bits per heavy atom. The third-order valence-electron chi connectivity index (χ3n) is 3.19. The number of nitro groups is 1. The zero-order valence-corrected chi connectivity index (χ0v) is 11.8. The fourth-order valence-corrected chi connectivity index (χ4v) is 2.23. The van der Waals surface area contributed by atoms with Crippen LogP contribution in [-0.4, -0.2) is 19.1 Å². The zero-order chi connectivity index (χ0) is 15.4. The highest BCUT2D eigenvalue weighted by Gasteiger charge is 2.18. The standard InChI is InChI=1S/C15H16N2O4/c1-20-14-8-10(7-11(9-16)15(14)21-2)12-5-3-4-6-13(12)17(18)19/h3-8H,9,16H2,1-2H3. The molecule has 6 heteroatoms. The molecule has 0 aliphatic rings. The van der Waals surface area contributed by atoms with Crippen LogP contribution in [0.4, 0.5) is 5.69 Å². The third kappa shape index (κ3) is 2.80. The largest absolute Gasteiger partial charge is 0.493 e. The molecule has 0 atom stereocenters. The minimum Gasteiger partial charge on any atom is -0.493 e. The molecule has 2 aromatic rings. The van der Waals surface area contributed by atoms with Crippen molar-refractivity contribution in [1.82, 2.24) is 0 Å². The molecule has 2 aromatic carbocycles. The van der Waals surface area contributed by atoms with Crippen LogP contribution in [0.1, 0.15) is 5.56 Å². The van der Waals surface area contributed by atoms with Gasteiger partial charge in [-0.3, -0.25) is 10.1 Å². The van der Waals surface area contributed by atoms with E-state index in [1.807, 2.05) is 0 Å². The van der Waals surface area contributed by atoms with Gasteiger partial charge in [-0.2, -0.15) is 0 Å². The van der Waals surface area contributed by atoms with Gasteiger partial charge < -0.3 is 15.2 Å². The summed E-state index contributed by atoms with van der Waals surface area (Å²) in [4.78, 5) is 10.7. The number of para-hydroxylation sites is 1. The van der Waals surface area contributed by atoms with Crippen LogP contribution in [0.3, 0.4) is 0 Å². The van der Waals surface area contributed by atoms with Gasteiger partial charge in [-0.1, -0.05) is 12.1 Å². The molecular weight excluding hydrogens is 272 g/mol. The molecule has 0 saturated heterocycles. The van der Waals surface area contributed by atoms with E-state index < -0.39 is 4.92 Å². The molecule has 0 unspecified atom stereocenters. The number of rotatable bonds is 5. The minimum atomic E-state index is -0.409. The summed E-state index contributed by atoms with van der Waals surface area (Å²) in [6.07, 6.45) is 0. The van der Waals surface area contributed by atoms with Crippen LogP contribution in [0.15, 0.2) is 36.4 Å². The molecule has 0 radical (unpaired) electrons. The molecule has 6 nitrogen and oxygen atoms in total. The van der Waals surface area contributed by atoms with E-state index in [1.165, 1.54) is 20.3 Å². The van der Waals surface area contributed by atoms with Gasteiger partial charge in [0.25, 0.3) is 5.69 Å². The van der Waals surface area contributed by atoms with Crippen molar-refractivity contribution in [1.29, 1.82) is 0 Å². The number of hydrogen-bond donors (Lipinski definition) is 1. The molecule has 110 valence electrons. The van der Waals surface area contributed by atoms with E-state index >= 15 is 0 Å². The van der Waals surface area contributed by atoms with Crippen LogP contribution in [0.2, 0.25) is 0 Å². The summed E-state index contributed by atoms with van der Waals surface area (Å²) >= 11 is 0. The number of nitrogens with two attached hydrogens (primary N) is 1. The maximum absolute atomic E-state index is 11.2. The molecule has 0 aromatic heterocycles. The Morgan fingerprint density at radius 3 is 2.48 bits per heavy atom. The molecule has 0 amide bonds. The van der Waals surface area contributed by atoms with E-state index in [0.29, 0.717) is 22.6 Å². The van der Waals surface area contributed by atoms with E-state index in [1.54, 1.807) is 30.3 Å². The highest BCUT2D eigenvalue weighted by Crippen LogP contribution is 2.38. The van der Waals surface area contributed by atoms with Crippen molar-refractivity contribution in [2.24, 2.45) is 5.73 Å². The number of benzene rings is 2. The van der Waals surface area contributed by atoms with Crippen molar-refractivity contribution in [3.8, 4) is 22.6 Å². The number of methoxy groups -OCH3 is 2. The Hall–Kier alpha value is -2.60. The molecule has 21 heavy (non-hydrogen) atoms. The molecule has 0 bridgehead atoms. The highest BCUT2D eigenvalue weighted by molar-refractivity contribution is 5.76. The molecule has 0 spiro atoms.